The van der Waals surface area contributed by atoms with Gasteiger partial charge in [-0.2, -0.15) is 8.78 Å². The number of benzene rings is 1. The molecule has 1 unspecified atom stereocenters. The zero-order valence-corrected chi connectivity index (χ0v) is 14.3. The Morgan fingerprint density at radius 3 is 2.76 bits per heavy atom. The van der Waals surface area contributed by atoms with Crippen molar-refractivity contribution in [1.82, 2.24) is 10.2 Å². The van der Waals surface area contributed by atoms with Gasteiger partial charge in [-0.3, -0.25) is 4.79 Å². The Balaban J connectivity index is 0.00000225. The molecule has 1 saturated heterocycles. The van der Waals surface area contributed by atoms with Crippen molar-refractivity contribution < 1.29 is 32.5 Å². The first kappa shape index (κ1) is 19.5. The second-order valence-corrected chi connectivity index (χ2v) is 5.45. The fourth-order valence-corrected chi connectivity index (χ4v) is 2.60. The van der Waals surface area contributed by atoms with Crippen molar-refractivity contribution in [3.05, 3.63) is 17.7 Å². The van der Waals surface area contributed by atoms with Crippen LogP contribution >= 0.6 is 12.4 Å². The van der Waals surface area contributed by atoms with Crippen LogP contribution < -0.4 is 19.5 Å². The van der Waals surface area contributed by atoms with Crippen molar-refractivity contribution in [2.24, 2.45) is 0 Å². The second kappa shape index (κ2) is 8.50. The molecule has 7 nitrogen and oxygen atoms in total. The van der Waals surface area contributed by atoms with Crippen LogP contribution in [-0.4, -0.2) is 57.1 Å². The predicted molar refractivity (Wildman–Crippen MR) is 85.5 cm³/mol. The lowest BCUT2D eigenvalue weighted by Gasteiger charge is -2.27. The Bertz CT molecular complexity index is 614. The number of halogens is 3. The van der Waals surface area contributed by atoms with Gasteiger partial charge in [0.25, 0.3) is 5.91 Å². The summed E-state index contributed by atoms with van der Waals surface area (Å²) in [7, 11) is 1.58. The van der Waals surface area contributed by atoms with Crippen LogP contribution in [0.1, 0.15) is 5.56 Å². The van der Waals surface area contributed by atoms with Crippen molar-refractivity contribution in [3.63, 3.8) is 0 Å². The van der Waals surface area contributed by atoms with Crippen LogP contribution in [-0.2, 0) is 16.1 Å². The maximum absolute atomic E-state index is 12.6. The summed E-state index contributed by atoms with van der Waals surface area (Å²) < 4.78 is 45.7. The van der Waals surface area contributed by atoms with Crippen molar-refractivity contribution in [2.45, 2.75) is 19.3 Å². The van der Waals surface area contributed by atoms with Crippen molar-refractivity contribution in [2.75, 3.05) is 33.5 Å². The van der Waals surface area contributed by atoms with E-state index in [-0.39, 0.29) is 37.4 Å². The van der Waals surface area contributed by atoms with E-state index in [0.29, 0.717) is 36.8 Å². The molecule has 1 aromatic carbocycles. The average molecular weight is 381 g/mol. The molecule has 0 radical (unpaired) electrons. The van der Waals surface area contributed by atoms with E-state index >= 15 is 0 Å². The molecule has 2 heterocycles. The summed E-state index contributed by atoms with van der Waals surface area (Å²) in [5.74, 6) is 0.491. The Labute approximate surface area is 149 Å². The van der Waals surface area contributed by atoms with Gasteiger partial charge < -0.3 is 29.2 Å². The third kappa shape index (κ3) is 4.62. The van der Waals surface area contributed by atoms with E-state index in [1.165, 1.54) is 11.0 Å². The first-order valence-corrected chi connectivity index (χ1v) is 7.49. The van der Waals surface area contributed by atoms with Crippen LogP contribution in [0.15, 0.2) is 12.1 Å². The van der Waals surface area contributed by atoms with Crippen LogP contribution in [0, 0.1) is 0 Å². The van der Waals surface area contributed by atoms with E-state index in [9.17, 15) is 13.6 Å². The largest absolute Gasteiger partial charge is 0.454 e. The minimum atomic E-state index is -2.98. The molecular weight excluding hydrogens is 362 g/mol. The Morgan fingerprint density at radius 1 is 1.40 bits per heavy atom. The maximum atomic E-state index is 12.6. The van der Waals surface area contributed by atoms with E-state index < -0.39 is 12.7 Å². The molecule has 140 valence electrons. The molecular formula is C15H19ClF2N2O5. The zero-order valence-electron chi connectivity index (χ0n) is 13.5. The molecule has 2 aliphatic heterocycles. The highest BCUT2D eigenvalue weighted by Gasteiger charge is 2.27. The quantitative estimate of drug-likeness (QED) is 0.832. The standard InChI is InChI=1S/C15H18F2N2O5.ClH/c1-19(14(20)13-6-18-2-3-21-13)7-9-4-11-12(23-8-22-11)5-10(9)24-15(16)17;/h4-5,13,15,18H,2-3,6-8H2,1H3;1H. The number of carbonyl (C=O) groups excluding carboxylic acids is 1. The lowest BCUT2D eigenvalue weighted by Crippen LogP contribution is -2.48. The molecule has 1 aromatic rings. The van der Waals surface area contributed by atoms with Crippen molar-refractivity contribution >= 4 is 18.3 Å². The monoisotopic (exact) mass is 380 g/mol. The molecule has 2 aliphatic rings. The number of ether oxygens (including phenoxy) is 4. The first-order valence-electron chi connectivity index (χ1n) is 7.49. The van der Waals surface area contributed by atoms with Gasteiger partial charge in [0.05, 0.1) is 6.61 Å². The Hall–Kier alpha value is -1.84. The van der Waals surface area contributed by atoms with Gasteiger partial charge in [0.2, 0.25) is 6.79 Å². The zero-order chi connectivity index (χ0) is 17.1. The first-order chi connectivity index (χ1) is 11.5. The summed E-state index contributed by atoms with van der Waals surface area (Å²) in [5.41, 5.74) is 0.402. The number of amides is 1. The van der Waals surface area contributed by atoms with Crippen LogP contribution in [0.2, 0.25) is 0 Å². The van der Waals surface area contributed by atoms with E-state index in [2.05, 4.69) is 10.1 Å². The third-order valence-corrected chi connectivity index (χ3v) is 3.76. The van der Waals surface area contributed by atoms with Crippen molar-refractivity contribution in [1.29, 1.82) is 0 Å². The van der Waals surface area contributed by atoms with Crippen molar-refractivity contribution in [3.8, 4) is 17.2 Å². The van der Waals surface area contributed by atoms with Gasteiger partial charge in [-0.25, -0.2) is 0 Å². The number of nitrogens with one attached hydrogen (secondary N) is 1. The normalized spacial score (nSPS) is 18.6. The lowest BCUT2D eigenvalue weighted by molar-refractivity contribution is -0.144. The topological polar surface area (TPSA) is 69.3 Å². The highest BCUT2D eigenvalue weighted by molar-refractivity contribution is 5.85. The minimum Gasteiger partial charge on any atom is -0.454 e. The van der Waals surface area contributed by atoms with Gasteiger partial charge in [0.1, 0.15) is 11.9 Å². The summed E-state index contributed by atoms with van der Waals surface area (Å²) in [6.07, 6.45) is -0.586. The molecule has 0 spiro atoms. The van der Waals surface area contributed by atoms with E-state index in [1.807, 2.05) is 0 Å². The van der Waals surface area contributed by atoms with Crippen LogP contribution in [0.4, 0.5) is 8.78 Å². The Morgan fingerprint density at radius 2 is 2.12 bits per heavy atom. The Kier molecular flexibility index (Phi) is 6.63. The number of rotatable bonds is 5. The molecule has 0 aromatic heterocycles. The van der Waals surface area contributed by atoms with Gasteiger partial charge in [-0.1, -0.05) is 0 Å². The number of nitrogens with zero attached hydrogens (tertiary/aromatic N) is 1. The number of likely N-dealkylation sites (N-methyl/N-ethyl adjacent to an activating group) is 1. The van der Waals surface area contributed by atoms with Gasteiger partial charge in [0.15, 0.2) is 11.5 Å². The molecule has 1 fully saturated rings. The lowest BCUT2D eigenvalue weighted by atomic mass is 10.1. The molecule has 3 rings (SSSR count). The summed E-state index contributed by atoms with van der Waals surface area (Å²) >= 11 is 0. The average Bonchev–Trinajstić information content (AvgIpc) is 3.01. The van der Waals surface area contributed by atoms with Crippen LogP contribution in [0.25, 0.3) is 0 Å². The molecule has 1 N–H and O–H groups in total. The third-order valence-electron chi connectivity index (χ3n) is 3.76. The van der Waals surface area contributed by atoms with Crippen LogP contribution in [0.3, 0.4) is 0 Å². The molecule has 25 heavy (non-hydrogen) atoms. The molecule has 1 atom stereocenters. The van der Waals surface area contributed by atoms with E-state index in [1.54, 1.807) is 13.1 Å². The maximum Gasteiger partial charge on any atom is 0.387 e. The number of fused-ring (bicyclic) bond motifs is 1. The van der Waals surface area contributed by atoms with E-state index in [4.69, 9.17) is 14.2 Å². The number of morpholine rings is 1. The number of carbonyl (C=O) groups is 1. The summed E-state index contributed by atoms with van der Waals surface area (Å²) in [5, 5.41) is 3.07. The number of hydrogen-bond acceptors (Lipinski definition) is 6. The van der Waals surface area contributed by atoms with E-state index in [0.717, 1.165) is 0 Å². The molecule has 10 heteroatoms. The summed E-state index contributed by atoms with van der Waals surface area (Å²) in [6, 6.07) is 2.89. The van der Waals surface area contributed by atoms with Gasteiger partial charge in [-0.05, 0) is 6.07 Å². The molecule has 0 bridgehead atoms. The SMILES string of the molecule is CN(Cc1cc2c(cc1OC(F)F)OCO2)C(=O)C1CNCCO1.Cl. The van der Waals surface area contributed by atoms with Gasteiger partial charge in [0, 0.05) is 38.3 Å². The molecule has 0 aliphatic carbocycles. The smallest absolute Gasteiger partial charge is 0.387 e. The minimum absolute atomic E-state index is 0. The fraction of sp³-hybridized carbons (Fsp3) is 0.533. The predicted octanol–water partition coefficient (Wildman–Crippen LogP) is 1.39. The van der Waals surface area contributed by atoms with Gasteiger partial charge >= 0.3 is 6.61 Å². The van der Waals surface area contributed by atoms with Crippen LogP contribution in [0.5, 0.6) is 17.2 Å². The highest BCUT2D eigenvalue weighted by atomic mass is 35.5. The number of hydrogen-bond donors (Lipinski definition) is 1. The highest BCUT2D eigenvalue weighted by Crippen LogP contribution is 2.39. The molecule has 0 saturated carbocycles. The summed E-state index contributed by atoms with van der Waals surface area (Å²) in [6.45, 7) is -1.31. The second-order valence-electron chi connectivity index (χ2n) is 5.45. The van der Waals surface area contributed by atoms with Gasteiger partial charge in [-0.15, -0.1) is 12.4 Å². The number of alkyl halides is 2. The summed E-state index contributed by atoms with van der Waals surface area (Å²) in [4.78, 5) is 13.8. The fourth-order valence-electron chi connectivity index (χ4n) is 2.60. The molecule has 1 amide bonds.